The number of carboxylic acids is 2. The molecule has 2 aliphatic rings. The van der Waals surface area contributed by atoms with Gasteiger partial charge in [0.15, 0.2) is 0 Å². The Labute approximate surface area is 321 Å². The lowest BCUT2D eigenvalue weighted by Crippen LogP contribution is -2.44. The highest BCUT2D eigenvalue weighted by Crippen LogP contribution is 2.37. The van der Waals surface area contributed by atoms with Crippen LogP contribution >= 0.6 is 11.6 Å². The highest BCUT2D eigenvalue weighted by atomic mass is 35.5. The molecule has 1 aromatic heterocycles. The van der Waals surface area contributed by atoms with Crippen molar-refractivity contribution in [3.63, 3.8) is 0 Å². The maximum Gasteiger partial charge on any atom is 0.320 e. The van der Waals surface area contributed by atoms with E-state index in [9.17, 15) is 19.8 Å². The molecular formula is C41H50ClN5O7. The zero-order valence-electron chi connectivity index (χ0n) is 31.3. The molecule has 4 aromatic rings. The summed E-state index contributed by atoms with van der Waals surface area (Å²) in [7, 11) is 1.60. The Morgan fingerprint density at radius 2 is 1.48 bits per heavy atom. The fourth-order valence-electron chi connectivity index (χ4n) is 7.63. The van der Waals surface area contributed by atoms with E-state index < -0.39 is 24.0 Å². The smallest absolute Gasteiger partial charge is 0.320 e. The maximum atomic E-state index is 11.8. The van der Waals surface area contributed by atoms with Crippen molar-refractivity contribution < 1.29 is 34.0 Å². The average molecular weight is 760 g/mol. The number of aryl methyl sites for hydroxylation is 1. The Hall–Kier alpha value is -4.65. The van der Waals surface area contributed by atoms with E-state index in [0.717, 1.165) is 83.5 Å². The van der Waals surface area contributed by atoms with Gasteiger partial charge in [-0.2, -0.15) is 0 Å². The third-order valence-corrected chi connectivity index (χ3v) is 10.9. The second-order valence-electron chi connectivity index (χ2n) is 14.2. The highest BCUT2D eigenvalue weighted by molar-refractivity contribution is 6.32. The van der Waals surface area contributed by atoms with Crippen LogP contribution in [0.5, 0.6) is 17.2 Å². The van der Waals surface area contributed by atoms with Gasteiger partial charge in [0, 0.05) is 43.9 Å². The fourth-order valence-corrected chi connectivity index (χ4v) is 7.87. The first kappa shape index (κ1) is 39.1. The first-order valence-electron chi connectivity index (χ1n) is 18.8. The average Bonchev–Trinajstić information content (AvgIpc) is 3.61. The molecule has 0 aliphatic carbocycles. The molecule has 12 nitrogen and oxygen atoms in total. The van der Waals surface area contributed by atoms with Gasteiger partial charge in [-0.3, -0.25) is 24.1 Å². The molecule has 54 heavy (non-hydrogen) atoms. The van der Waals surface area contributed by atoms with E-state index in [4.69, 9.17) is 25.8 Å². The number of hydrogen-bond donors (Lipinski definition) is 2. The van der Waals surface area contributed by atoms with E-state index in [1.807, 2.05) is 46.3 Å². The Kier molecular flexibility index (Phi) is 13.1. The Morgan fingerprint density at radius 1 is 0.815 bits per heavy atom. The second kappa shape index (κ2) is 18.1. The summed E-state index contributed by atoms with van der Waals surface area (Å²) >= 11 is 6.73. The summed E-state index contributed by atoms with van der Waals surface area (Å²) < 4.78 is 20.0. The predicted octanol–water partition coefficient (Wildman–Crippen LogP) is 7.15. The minimum Gasteiger partial charge on any atom is -0.496 e. The van der Waals surface area contributed by atoms with Crippen LogP contribution in [-0.4, -0.2) is 85.8 Å². The first-order valence-corrected chi connectivity index (χ1v) is 19.1. The Morgan fingerprint density at radius 3 is 2.17 bits per heavy atom. The lowest BCUT2D eigenvalue weighted by Gasteiger charge is -2.33. The van der Waals surface area contributed by atoms with Gasteiger partial charge in [-0.25, -0.2) is 0 Å². The van der Waals surface area contributed by atoms with Crippen LogP contribution < -0.4 is 14.2 Å². The standard InChI is InChI=1S/C41H50ClN5O7/c1-27-29(26-54-39-22-38(52-3)30(21-34(39)42)23-45-17-6-4-14-35(45)40(48)49)11-8-12-32(27)33-13-9-16-37(28(33)2)53-20-10-19-47-25-31(43-44-47)24-46-18-7-5-15-36(46)41(50)51/h8-9,11-13,16,21-22,25,35-36H,4-7,10,14-15,17-20,23-24,26H2,1-3H3,(H,48,49)(H,50,51). The van der Waals surface area contributed by atoms with Crippen molar-refractivity contribution in [1.82, 2.24) is 24.8 Å². The van der Waals surface area contributed by atoms with Crippen molar-refractivity contribution in [2.24, 2.45) is 0 Å². The third kappa shape index (κ3) is 9.34. The van der Waals surface area contributed by atoms with Gasteiger partial charge in [0.05, 0.1) is 24.4 Å². The third-order valence-electron chi connectivity index (χ3n) is 10.6. The number of carbonyl (C=O) groups is 2. The van der Waals surface area contributed by atoms with Crippen molar-refractivity contribution in [1.29, 1.82) is 0 Å². The van der Waals surface area contributed by atoms with E-state index in [1.165, 1.54) is 0 Å². The van der Waals surface area contributed by atoms with E-state index in [1.54, 1.807) is 17.9 Å². The number of likely N-dealkylation sites (tertiary alicyclic amines) is 2. The second-order valence-corrected chi connectivity index (χ2v) is 14.6. The minimum atomic E-state index is -0.801. The summed E-state index contributed by atoms with van der Waals surface area (Å²) in [4.78, 5) is 27.5. The van der Waals surface area contributed by atoms with Gasteiger partial charge in [-0.05, 0) is 92.6 Å². The van der Waals surface area contributed by atoms with Gasteiger partial charge in [0.2, 0.25) is 0 Å². The number of aliphatic carboxylic acids is 2. The molecule has 0 bridgehead atoms. The zero-order valence-corrected chi connectivity index (χ0v) is 32.1. The van der Waals surface area contributed by atoms with E-state index >= 15 is 0 Å². The topological polar surface area (TPSA) is 139 Å². The van der Waals surface area contributed by atoms with Gasteiger partial charge >= 0.3 is 11.9 Å². The summed E-state index contributed by atoms with van der Waals surface area (Å²) in [6.07, 6.45) is 7.73. The molecule has 3 heterocycles. The van der Waals surface area contributed by atoms with Crippen LogP contribution in [0.1, 0.15) is 72.9 Å². The summed E-state index contributed by atoms with van der Waals surface area (Å²) in [6, 6.07) is 14.9. The largest absolute Gasteiger partial charge is 0.496 e. The molecule has 2 N–H and O–H groups in total. The number of halogens is 1. The molecule has 0 radical (unpaired) electrons. The number of carboxylic acid groups (broad SMARTS) is 2. The van der Waals surface area contributed by atoms with Crippen LogP contribution in [0.15, 0.2) is 54.7 Å². The van der Waals surface area contributed by atoms with E-state index in [-0.39, 0.29) is 0 Å². The first-order chi connectivity index (χ1) is 26.1. The predicted molar refractivity (Wildman–Crippen MR) is 205 cm³/mol. The minimum absolute atomic E-state index is 0.298. The van der Waals surface area contributed by atoms with Crippen molar-refractivity contribution in [3.8, 4) is 28.4 Å². The number of hydrogen-bond acceptors (Lipinski definition) is 9. The van der Waals surface area contributed by atoms with Gasteiger partial charge < -0.3 is 24.4 Å². The summed E-state index contributed by atoms with van der Waals surface area (Å²) in [5.74, 6) is 0.346. The zero-order chi connectivity index (χ0) is 38.2. The SMILES string of the molecule is COc1cc(OCc2cccc(-c3cccc(OCCCn4cc(CN5CCCCC5C(=O)O)nn4)c3C)c2C)c(Cl)cc1CN1CCCCC1C(=O)O. The Balaban J connectivity index is 1.06. The van der Waals surface area contributed by atoms with Crippen molar-refractivity contribution >= 4 is 23.5 Å². The number of aromatic nitrogens is 3. The maximum absolute atomic E-state index is 11.8. The molecule has 0 saturated carbocycles. The number of benzene rings is 3. The number of nitrogens with zero attached hydrogens (tertiary/aromatic N) is 5. The molecular weight excluding hydrogens is 710 g/mol. The van der Waals surface area contributed by atoms with Gasteiger partial charge in [-0.1, -0.05) is 60.0 Å². The van der Waals surface area contributed by atoms with Crippen LogP contribution in [0.25, 0.3) is 11.1 Å². The van der Waals surface area contributed by atoms with Crippen LogP contribution in [-0.2, 0) is 35.8 Å². The highest BCUT2D eigenvalue weighted by Gasteiger charge is 2.30. The molecule has 0 spiro atoms. The normalized spacial score (nSPS) is 18.0. The lowest BCUT2D eigenvalue weighted by molar-refractivity contribution is -0.145. The molecule has 288 valence electrons. The molecule has 2 saturated heterocycles. The monoisotopic (exact) mass is 759 g/mol. The molecule has 13 heteroatoms. The molecule has 0 amide bonds. The van der Waals surface area contributed by atoms with Gasteiger partial charge in [0.1, 0.15) is 35.9 Å². The quantitative estimate of drug-likeness (QED) is 0.113. The van der Waals surface area contributed by atoms with Crippen LogP contribution in [0.3, 0.4) is 0 Å². The Bertz CT molecular complexity index is 1930. The number of ether oxygens (including phenoxy) is 3. The summed E-state index contributed by atoms with van der Waals surface area (Å²) in [5, 5.41) is 28.3. The van der Waals surface area contributed by atoms with Crippen LogP contribution in [0.4, 0.5) is 0 Å². The lowest BCUT2D eigenvalue weighted by atomic mass is 9.93. The van der Waals surface area contributed by atoms with Crippen LogP contribution in [0, 0.1) is 13.8 Å². The number of piperidine rings is 2. The van der Waals surface area contributed by atoms with E-state index in [2.05, 4.69) is 36.3 Å². The number of rotatable bonds is 16. The summed E-state index contributed by atoms with van der Waals surface area (Å²) in [6.45, 7) is 7.98. The molecule has 2 atom stereocenters. The number of methoxy groups -OCH3 is 1. The van der Waals surface area contributed by atoms with Gasteiger partial charge in [-0.15, -0.1) is 5.10 Å². The fraction of sp³-hybridized carbons (Fsp3) is 0.463. The van der Waals surface area contributed by atoms with E-state index in [0.29, 0.717) is 68.8 Å². The molecule has 3 aromatic carbocycles. The molecule has 6 rings (SSSR count). The molecule has 2 fully saturated rings. The van der Waals surface area contributed by atoms with Crippen molar-refractivity contribution in [3.05, 3.63) is 87.7 Å². The molecule has 2 aliphatic heterocycles. The van der Waals surface area contributed by atoms with Crippen molar-refractivity contribution in [2.45, 2.75) is 97.1 Å². The van der Waals surface area contributed by atoms with Gasteiger partial charge in [0.25, 0.3) is 0 Å². The summed E-state index contributed by atoms with van der Waals surface area (Å²) in [5.41, 5.74) is 6.90. The van der Waals surface area contributed by atoms with Crippen molar-refractivity contribution in [2.75, 3.05) is 26.8 Å². The molecule has 2 unspecified atom stereocenters. The van der Waals surface area contributed by atoms with Crippen LogP contribution in [0.2, 0.25) is 5.02 Å².